The molecule has 0 radical (unpaired) electrons. The standard InChI is InChI=1S/C15H14N4O2S/c1-9-8-22-15-18-13(7-19(9)15)14(21)17-12-5-3-11(4-6-12)16-10(2)20/h3-8H,1-2H3,(H,16,20)(H,17,21). The molecule has 2 amide bonds. The first-order valence-electron chi connectivity index (χ1n) is 6.65. The van der Waals surface area contributed by atoms with E-state index in [-0.39, 0.29) is 11.8 Å². The highest BCUT2D eigenvalue weighted by molar-refractivity contribution is 7.15. The second-order valence-corrected chi connectivity index (χ2v) is 5.71. The third-order valence-corrected chi connectivity index (χ3v) is 4.04. The summed E-state index contributed by atoms with van der Waals surface area (Å²) < 4.78 is 1.89. The third kappa shape index (κ3) is 2.84. The Morgan fingerprint density at radius 1 is 1.14 bits per heavy atom. The number of hydrogen-bond acceptors (Lipinski definition) is 4. The molecular formula is C15H14N4O2S. The van der Waals surface area contributed by atoms with Crippen LogP contribution in [0.15, 0.2) is 35.8 Å². The van der Waals surface area contributed by atoms with E-state index < -0.39 is 0 Å². The average molecular weight is 314 g/mol. The fourth-order valence-corrected chi connectivity index (χ4v) is 2.89. The number of carbonyl (C=O) groups excluding carboxylic acids is 2. The molecule has 112 valence electrons. The van der Waals surface area contributed by atoms with E-state index in [0.29, 0.717) is 17.1 Å². The first kappa shape index (κ1) is 14.3. The summed E-state index contributed by atoms with van der Waals surface area (Å²) in [6.07, 6.45) is 1.72. The van der Waals surface area contributed by atoms with Crippen LogP contribution in [0.2, 0.25) is 0 Å². The molecule has 0 saturated carbocycles. The molecule has 2 aromatic heterocycles. The molecule has 0 aliphatic carbocycles. The number of carbonyl (C=O) groups is 2. The zero-order valence-electron chi connectivity index (χ0n) is 12.1. The minimum atomic E-state index is -0.262. The molecule has 3 aromatic rings. The van der Waals surface area contributed by atoms with E-state index in [4.69, 9.17) is 0 Å². The quantitative estimate of drug-likeness (QED) is 0.780. The van der Waals surface area contributed by atoms with Crippen molar-refractivity contribution in [1.82, 2.24) is 9.38 Å². The number of nitrogens with zero attached hydrogens (tertiary/aromatic N) is 2. The van der Waals surface area contributed by atoms with Crippen molar-refractivity contribution in [3.05, 3.63) is 47.2 Å². The molecule has 0 aliphatic rings. The summed E-state index contributed by atoms with van der Waals surface area (Å²) in [5.74, 6) is -0.396. The maximum Gasteiger partial charge on any atom is 0.275 e. The number of anilines is 2. The highest BCUT2D eigenvalue weighted by atomic mass is 32.1. The van der Waals surface area contributed by atoms with Gasteiger partial charge in [0.15, 0.2) is 4.96 Å². The summed E-state index contributed by atoms with van der Waals surface area (Å²) >= 11 is 1.50. The normalized spacial score (nSPS) is 10.6. The zero-order valence-corrected chi connectivity index (χ0v) is 12.9. The molecule has 0 aliphatic heterocycles. The van der Waals surface area contributed by atoms with Crippen molar-refractivity contribution < 1.29 is 9.59 Å². The van der Waals surface area contributed by atoms with Crippen LogP contribution in [0, 0.1) is 6.92 Å². The van der Waals surface area contributed by atoms with Crippen molar-refractivity contribution in [2.24, 2.45) is 0 Å². The van der Waals surface area contributed by atoms with E-state index in [2.05, 4.69) is 15.6 Å². The predicted molar refractivity (Wildman–Crippen MR) is 86.5 cm³/mol. The van der Waals surface area contributed by atoms with Gasteiger partial charge in [0, 0.05) is 35.6 Å². The van der Waals surface area contributed by atoms with Gasteiger partial charge in [-0.3, -0.25) is 14.0 Å². The van der Waals surface area contributed by atoms with E-state index >= 15 is 0 Å². The van der Waals surface area contributed by atoms with E-state index in [0.717, 1.165) is 10.7 Å². The topological polar surface area (TPSA) is 75.5 Å². The molecule has 0 spiro atoms. The van der Waals surface area contributed by atoms with E-state index in [1.807, 2.05) is 16.7 Å². The molecule has 2 heterocycles. The Balaban J connectivity index is 1.74. The zero-order chi connectivity index (χ0) is 15.7. The highest BCUT2D eigenvalue weighted by Gasteiger charge is 2.13. The largest absolute Gasteiger partial charge is 0.326 e. The van der Waals surface area contributed by atoms with Gasteiger partial charge in [0.2, 0.25) is 5.91 Å². The highest BCUT2D eigenvalue weighted by Crippen LogP contribution is 2.18. The van der Waals surface area contributed by atoms with E-state index in [1.54, 1.807) is 30.5 Å². The van der Waals surface area contributed by atoms with Crippen molar-refractivity contribution in [1.29, 1.82) is 0 Å². The lowest BCUT2D eigenvalue weighted by Gasteiger charge is -2.05. The molecule has 0 atom stereocenters. The van der Waals surface area contributed by atoms with Crippen LogP contribution in [0.25, 0.3) is 4.96 Å². The molecule has 0 bridgehead atoms. The number of rotatable bonds is 3. The molecule has 0 unspecified atom stereocenters. The summed E-state index contributed by atoms with van der Waals surface area (Å²) in [6, 6.07) is 6.92. The van der Waals surface area contributed by atoms with Gasteiger partial charge < -0.3 is 10.6 Å². The van der Waals surface area contributed by atoms with Crippen LogP contribution < -0.4 is 10.6 Å². The summed E-state index contributed by atoms with van der Waals surface area (Å²) in [7, 11) is 0. The lowest BCUT2D eigenvalue weighted by atomic mass is 10.2. The Bertz CT molecular complexity index is 848. The molecule has 2 N–H and O–H groups in total. The van der Waals surface area contributed by atoms with Crippen molar-refractivity contribution in [2.45, 2.75) is 13.8 Å². The first-order chi connectivity index (χ1) is 10.5. The molecule has 22 heavy (non-hydrogen) atoms. The lowest BCUT2D eigenvalue weighted by Crippen LogP contribution is -2.12. The summed E-state index contributed by atoms with van der Waals surface area (Å²) in [5, 5.41) is 7.45. The van der Waals surface area contributed by atoms with Crippen LogP contribution in [0.3, 0.4) is 0 Å². The van der Waals surface area contributed by atoms with Gasteiger partial charge >= 0.3 is 0 Å². The molecule has 6 nitrogen and oxygen atoms in total. The monoisotopic (exact) mass is 314 g/mol. The van der Waals surface area contributed by atoms with Gasteiger partial charge in [-0.1, -0.05) is 0 Å². The second-order valence-electron chi connectivity index (χ2n) is 4.87. The Kier molecular flexibility index (Phi) is 3.64. The molecule has 7 heteroatoms. The van der Waals surface area contributed by atoms with Gasteiger partial charge in [0.05, 0.1) is 0 Å². The second kappa shape index (κ2) is 5.61. The number of amides is 2. The van der Waals surface area contributed by atoms with Crippen molar-refractivity contribution in [3.63, 3.8) is 0 Å². The van der Waals surface area contributed by atoms with Crippen LogP contribution in [0.5, 0.6) is 0 Å². The Morgan fingerprint density at radius 2 is 1.77 bits per heavy atom. The van der Waals surface area contributed by atoms with Crippen LogP contribution in [-0.2, 0) is 4.79 Å². The molecule has 0 fully saturated rings. The maximum atomic E-state index is 12.2. The molecule has 3 rings (SSSR count). The van der Waals surface area contributed by atoms with Crippen LogP contribution >= 0.6 is 11.3 Å². The minimum Gasteiger partial charge on any atom is -0.326 e. The maximum absolute atomic E-state index is 12.2. The SMILES string of the molecule is CC(=O)Nc1ccc(NC(=O)c2cn3c(C)csc3n2)cc1. The summed E-state index contributed by atoms with van der Waals surface area (Å²) in [6.45, 7) is 3.41. The number of benzene rings is 1. The van der Waals surface area contributed by atoms with Gasteiger partial charge in [0.25, 0.3) is 5.91 Å². The number of nitrogens with one attached hydrogen (secondary N) is 2. The van der Waals surface area contributed by atoms with Gasteiger partial charge in [-0.25, -0.2) is 4.98 Å². The van der Waals surface area contributed by atoms with Gasteiger partial charge in [0.1, 0.15) is 5.69 Å². The predicted octanol–water partition coefficient (Wildman–Crippen LogP) is 2.91. The average Bonchev–Trinajstić information content (AvgIpc) is 3.03. The fraction of sp³-hybridized carbons (Fsp3) is 0.133. The van der Waals surface area contributed by atoms with Crippen LogP contribution in [-0.4, -0.2) is 21.2 Å². The van der Waals surface area contributed by atoms with Gasteiger partial charge in [-0.15, -0.1) is 11.3 Å². The summed E-state index contributed by atoms with van der Waals surface area (Å²) in [5.41, 5.74) is 2.75. The molecule has 0 saturated heterocycles. The number of aromatic nitrogens is 2. The molecule has 1 aromatic carbocycles. The lowest BCUT2D eigenvalue weighted by molar-refractivity contribution is -0.114. The van der Waals surface area contributed by atoms with Crippen LogP contribution in [0.1, 0.15) is 23.1 Å². The smallest absolute Gasteiger partial charge is 0.275 e. The van der Waals surface area contributed by atoms with E-state index in [1.165, 1.54) is 18.3 Å². The number of hydrogen-bond donors (Lipinski definition) is 2. The number of imidazole rings is 1. The number of aryl methyl sites for hydroxylation is 1. The minimum absolute atomic E-state index is 0.134. The third-order valence-electron chi connectivity index (χ3n) is 3.08. The van der Waals surface area contributed by atoms with Gasteiger partial charge in [-0.05, 0) is 31.2 Å². The fourth-order valence-electron chi connectivity index (χ4n) is 2.04. The Hall–Kier alpha value is -2.67. The number of thiazole rings is 1. The Morgan fingerprint density at radius 3 is 2.36 bits per heavy atom. The Labute approximate surface area is 130 Å². The van der Waals surface area contributed by atoms with Crippen molar-refractivity contribution in [2.75, 3.05) is 10.6 Å². The first-order valence-corrected chi connectivity index (χ1v) is 7.53. The summed E-state index contributed by atoms with van der Waals surface area (Å²) in [4.78, 5) is 28.3. The van der Waals surface area contributed by atoms with E-state index in [9.17, 15) is 9.59 Å². The van der Waals surface area contributed by atoms with Crippen LogP contribution in [0.4, 0.5) is 11.4 Å². The number of fused-ring (bicyclic) bond motifs is 1. The molecular weight excluding hydrogens is 300 g/mol. The van der Waals surface area contributed by atoms with Crippen molar-refractivity contribution in [3.8, 4) is 0 Å². The van der Waals surface area contributed by atoms with Gasteiger partial charge in [-0.2, -0.15) is 0 Å². The van der Waals surface area contributed by atoms with Crippen molar-refractivity contribution >= 4 is 39.5 Å².